The summed E-state index contributed by atoms with van der Waals surface area (Å²) in [5.41, 5.74) is 1.99. The van der Waals surface area contributed by atoms with E-state index in [0.29, 0.717) is 25.4 Å². The monoisotopic (exact) mass is 478 g/mol. The van der Waals surface area contributed by atoms with Gasteiger partial charge in [0.2, 0.25) is 10.0 Å². The Balaban J connectivity index is 1.69. The molecule has 1 amide bonds. The summed E-state index contributed by atoms with van der Waals surface area (Å²) < 4.78 is 32.8. The summed E-state index contributed by atoms with van der Waals surface area (Å²) in [5.74, 6) is -0.837. The summed E-state index contributed by atoms with van der Waals surface area (Å²) in [6.45, 7) is 4.71. The number of carbonyl (C=O) groups excluding carboxylic acids is 2. The van der Waals surface area contributed by atoms with Gasteiger partial charge in [-0.3, -0.25) is 4.79 Å². The first-order chi connectivity index (χ1) is 15.2. The van der Waals surface area contributed by atoms with Gasteiger partial charge in [-0.15, -0.1) is 0 Å². The van der Waals surface area contributed by atoms with Crippen LogP contribution in [0.25, 0.3) is 0 Å². The number of hydrogen-bond acceptors (Lipinski definition) is 5. The van der Waals surface area contributed by atoms with Crippen molar-refractivity contribution in [1.82, 2.24) is 9.62 Å². The van der Waals surface area contributed by atoms with Crippen LogP contribution in [-0.2, 0) is 32.5 Å². The molecule has 2 aromatic carbocycles. The van der Waals surface area contributed by atoms with Gasteiger partial charge in [0.05, 0.1) is 15.5 Å². The third-order valence-corrected chi connectivity index (χ3v) is 7.44. The first kappa shape index (κ1) is 24.2. The highest BCUT2D eigenvalue weighted by molar-refractivity contribution is 7.89. The minimum atomic E-state index is -3.84. The van der Waals surface area contributed by atoms with E-state index in [4.69, 9.17) is 16.3 Å². The van der Waals surface area contributed by atoms with Gasteiger partial charge >= 0.3 is 5.97 Å². The Morgan fingerprint density at radius 1 is 1.16 bits per heavy atom. The van der Waals surface area contributed by atoms with E-state index in [2.05, 4.69) is 5.32 Å². The largest absolute Gasteiger partial charge is 0.452 e. The van der Waals surface area contributed by atoms with E-state index in [0.717, 1.165) is 17.5 Å². The zero-order valence-electron chi connectivity index (χ0n) is 18.1. The molecule has 0 fully saturated rings. The first-order valence-electron chi connectivity index (χ1n) is 10.5. The molecule has 0 aromatic heterocycles. The topological polar surface area (TPSA) is 92.8 Å². The van der Waals surface area contributed by atoms with Crippen molar-refractivity contribution in [3.63, 3.8) is 0 Å². The molecule has 0 atom stereocenters. The third-order valence-electron chi connectivity index (χ3n) is 5.27. The summed E-state index contributed by atoms with van der Waals surface area (Å²) in [6.07, 6.45) is 1.43. The van der Waals surface area contributed by atoms with Crippen LogP contribution in [0.1, 0.15) is 41.8 Å². The minimum Gasteiger partial charge on any atom is -0.452 e. The Bertz CT molecular complexity index is 1100. The van der Waals surface area contributed by atoms with Crippen LogP contribution in [0.4, 0.5) is 0 Å². The summed E-state index contributed by atoms with van der Waals surface area (Å²) in [7, 11) is -3.84. The average molecular weight is 479 g/mol. The molecule has 172 valence electrons. The minimum absolute atomic E-state index is 0.0467. The SMILES string of the molecule is CC(C)CCNC(=O)COC(=O)c1cc(S(=O)(=O)N2CCc3ccccc3C2)ccc1Cl. The summed E-state index contributed by atoms with van der Waals surface area (Å²) in [4.78, 5) is 24.3. The summed E-state index contributed by atoms with van der Waals surface area (Å²) in [5, 5.41) is 2.72. The molecule has 32 heavy (non-hydrogen) atoms. The smallest absolute Gasteiger partial charge is 0.340 e. The lowest BCUT2D eigenvalue weighted by Gasteiger charge is -2.28. The van der Waals surface area contributed by atoms with E-state index in [9.17, 15) is 18.0 Å². The van der Waals surface area contributed by atoms with Gasteiger partial charge in [-0.05, 0) is 48.1 Å². The molecule has 1 aliphatic heterocycles. The van der Waals surface area contributed by atoms with Crippen LogP contribution in [-0.4, -0.2) is 44.3 Å². The highest BCUT2D eigenvalue weighted by atomic mass is 35.5. The lowest BCUT2D eigenvalue weighted by atomic mass is 10.0. The Hall–Kier alpha value is -2.42. The molecule has 1 aliphatic rings. The van der Waals surface area contributed by atoms with Gasteiger partial charge in [0.15, 0.2) is 6.61 Å². The number of hydrogen-bond donors (Lipinski definition) is 1. The number of fused-ring (bicyclic) bond motifs is 1. The van der Waals surface area contributed by atoms with Gasteiger partial charge in [0.25, 0.3) is 5.91 Å². The first-order valence-corrected chi connectivity index (χ1v) is 12.3. The fourth-order valence-corrected chi connectivity index (χ4v) is 5.05. The molecule has 1 heterocycles. The Morgan fingerprint density at radius 3 is 2.59 bits per heavy atom. The van der Waals surface area contributed by atoms with E-state index in [1.165, 1.54) is 22.5 Å². The summed E-state index contributed by atoms with van der Waals surface area (Å²) in [6, 6.07) is 11.6. The number of sulfonamides is 1. The summed E-state index contributed by atoms with van der Waals surface area (Å²) >= 11 is 6.12. The highest BCUT2D eigenvalue weighted by Crippen LogP contribution is 2.27. The molecule has 0 aliphatic carbocycles. The maximum atomic E-state index is 13.2. The van der Waals surface area contributed by atoms with Crippen molar-refractivity contribution in [2.45, 2.75) is 38.1 Å². The number of rotatable bonds is 8. The molecule has 0 spiro atoms. The molecule has 0 radical (unpaired) electrons. The molecule has 9 heteroatoms. The van der Waals surface area contributed by atoms with Crippen LogP contribution < -0.4 is 5.32 Å². The quantitative estimate of drug-likeness (QED) is 0.587. The van der Waals surface area contributed by atoms with Crippen LogP contribution in [0.2, 0.25) is 5.02 Å². The number of ether oxygens (including phenoxy) is 1. The molecule has 0 bridgehead atoms. The molecule has 3 rings (SSSR count). The molecule has 0 saturated heterocycles. The van der Waals surface area contributed by atoms with E-state index in [1.54, 1.807) is 0 Å². The standard InChI is InChI=1S/C23H27ClN2O5S/c1-16(2)9-11-25-22(27)15-31-23(28)20-13-19(7-8-21(20)24)32(29,30)26-12-10-17-5-3-4-6-18(17)14-26/h3-8,13,16H,9-12,14-15H2,1-2H3,(H,25,27). The van der Waals surface area contributed by atoms with E-state index < -0.39 is 28.5 Å². The second-order valence-electron chi connectivity index (χ2n) is 8.11. The van der Waals surface area contributed by atoms with Crippen molar-refractivity contribution in [2.24, 2.45) is 5.92 Å². The van der Waals surface area contributed by atoms with Crippen LogP contribution in [0.5, 0.6) is 0 Å². The van der Waals surface area contributed by atoms with Gasteiger partial charge in [-0.2, -0.15) is 4.31 Å². The number of esters is 1. The molecule has 0 saturated carbocycles. The van der Waals surface area contributed by atoms with Crippen LogP contribution in [0, 0.1) is 5.92 Å². The highest BCUT2D eigenvalue weighted by Gasteiger charge is 2.29. The van der Waals surface area contributed by atoms with Crippen molar-refractivity contribution < 1.29 is 22.7 Å². The third kappa shape index (κ3) is 5.88. The van der Waals surface area contributed by atoms with Crippen molar-refractivity contribution in [3.8, 4) is 0 Å². The molecule has 1 N–H and O–H groups in total. The lowest BCUT2D eigenvalue weighted by Crippen LogP contribution is -2.36. The predicted molar refractivity (Wildman–Crippen MR) is 122 cm³/mol. The van der Waals surface area contributed by atoms with Gasteiger partial charge in [0.1, 0.15) is 0 Å². The molecular formula is C23H27ClN2O5S. The molecule has 0 unspecified atom stereocenters. The predicted octanol–water partition coefficient (Wildman–Crippen LogP) is 3.41. The lowest BCUT2D eigenvalue weighted by molar-refractivity contribution is -0.124. The molecular weight excluding hydrogens is 452 g/mol. The van der Waals surface area contributed by atoms with Gasteiger partial charge < -0.3 is 10.1 Å². The zero-order valence-corrected chi connectivity index (χ0v) is 19.7. The number of halogens is 1. The van der Waals surface area contributed by atoms with Crippen molar-refractivity contribution in [2.75, 3.05) is 19.7 Å². The Labute approximate surface area is 193 Å². The second-order valence-corrected chi connectivity index (χ2v) is 10.5. The number of carbonyl (C=O) groups is 2. The van der Waals surface area contributed by atoms with Gasteiger partial charge in [-0.25, -0.2) is 13.2 Å². The fourth-order valence-electron chi connectivity index (χ4n) is 3.41. The normalized spacial score (nSPS) is 14.1. The maximum absolute atomic E-state index is 13.2. The Kier molecular flexibility index (Phi) is 7.92. The van der Waals surface area contributed by atoms with E-state index in [1.807, 2.05) is 38.1 Å². The molecule has 2 aromatic rings. The number of nitrogens with zero attached hydrogens (tertiary/aromatic N) is 1. The van der Waals surface area contributed by atoms with Crippen LogP contribution in [0.3, 0.4) is 0 Å². The van der Waals surface area contributed by atoms with Crippen LogP contribution in [0.15, 0.2) is 47.4 Å². The fraction of sp³-hybridized carbons (Fsp3) is 0.391. The zero-order chi connectivity index (χ0) is 23.3. The average Bonchev–Trinajstić information content (AvgIpc) is 2.77. The Morgan fingerprint density at radius 2 is 1.88 bits per heavy atom. The van der Waals surface area contributed by atoms with Crippen LogP contribution >= 0.6 is 11.6 Å². The van der Waals surface area contributed by atoms with Crippen molar-refractivity contribution >= 4 is 33.5 Å². The second kappa shape index (κ2) is 10.5. The number of nitrogens with one attached hydrogen (secondary N) is 1. The maximum Gasteiger partial charge on any atom is 0.340 e. The van der Waals surface area contributed by atoms with Gasteiger partial charge in [-0.1, -0.05) is 49.7 Å². The number of amides is 1. The van der Waals surface area contributed by atoms with Gasteiger partial charge in [0, 0.05) is 19.6 Å². The van der Waals surface area contributed by atoms with Crippen molar-refractivity contribution in [3.05, 3.63) is 64.2 Å². The van der Waals surface area contributed by atoms with Crippen molar-refractivity contribution in [1.29, 1.82) is 0 Å². The van der Waals surface area contributed by atoms with E-state index >= 15 is 0 Å². The molecule has 7 nitrogen and oxygen atoms in total. The van der Waals surface area contributed by atoms with E-state index in [-0.39, 0.29) is 22.0 Å². The number of benzene rings is 2.